The van der Waals surface area contributed by atoms with E-state index < -0.39 is 5.97 Å². The van der Waals surface area contributed by atoms with Crippen molar-refractivity contribution < 1.29 is 9.90 Å². The zero-order chi connectivity index (χ0) is 10.6. The Bertz CT molecular complexity index is 379. The number of carbonyl (C=O) groups is 1. The van der Waals surface area contributed by atoms with Crippen LogP contribution in [0.3, 0.4) is 0 Å². The maximum atomic E-state index is 10.3. The Balaban J connectivity index is 2.58. The van der Waals surface area contributed by atoms with Crippen LogP contribution in [0.4, 0.5) is 0 Å². The van der Waals surface area contributed by atoms with Crippen LogP contribution in [0.15, 0.2) is 16.7 Å². The third-order valence-electron chi connectivity index (χ3n) is 1.77. The molecule has 0 spiro atoms. The van der Waals surface area contributed by atoms with Gasteiger partial charge in [-0.2, -0.15) is 5.26 Å². The zero-order valence-corrected chi connectivity index (χ0v) is 8.99. The maximum Gasteiger partial charge on any atom is 0.303 e. The van der Waals surface area contributed by atoms with Crippen LogP contribution in [0.25, 0.3) is 0 Å². The summed E-state index contributed by atoms with van der Waals surface area (Å²) >= 11 is 3.26. The highest BCUT2D eigenvalue weighted by Crippen LogP contribution is 2.14. The SMILES string of the molecule is N#Cc1cc(Br)cn1CCCC(=O)O. The number of nitrogens with zero attached hydrogens (tertiary/aromatic N) is 2. The Morgan fingerprint density at radius 2 is 2.43 bits per heavy atom. The maximum absolute atomic E-state index is 10.3. The Labute approximate surface area is 89.9 Å². The summed E-state index contributed by atoms with van der Waals surface area (Å²) in [7, 11) is 0. The number of hydrogen-bond acceptors (Lipinski definition) is 2. The van der Waals surface area contributed by atoms with E-state index in [1.807, 2.05) is 6.07 Å². The van der Waals surface area contributed by atoms with Crippen molar-refractivity contribution >= 4 is 21.9 Å². The first-order valence-corrected chi connectivity index (χ1v) is 4.90. The van der Waals surface area contributed by atoms with Crippen molar-refractivity contribution in [3.63, 3.8) is 0 Å². The molecule has 0 saturated carbocycles. The Kier molecular flexibility index (Phi) is 3.72. The summed E-state index contributed by atoms with van der Waals surface area (Å²) < 4.78 is 2.58. The normalized spacial score (nSPS) is 9.71. The predicted molar refractivity (Wildman–Crippen MR) is 53.7 cm³/mol. The van der Waals surface area contributed by atoms with Crippen LogP contribution >= 0.6 is 15.9 Å². The molecule has 74 valence electrons. The summed E-state index contributed by atoms with van der Waals surface area (Å²) in [5.74, 6) is -0.810. The van der Waals surface area contributed by atoms with Gasteiger partial charge >= 0.3 is 5.97 Å². The summed E-state index contributed by atoms with van der Waals surface area (Å²) in [4.78, 5) is 10.3. The van der Waals surface area contributed by atoms with Crippen molar-refractivity contribution in [2.24, 2.45) is 0 Å². The van der Waals surface area contributed by atoms with Crippen LogP contribution < -0.4 is 0 Å². The molecular weight excluding hydrogens is 248 g/mol. The highest BCUT2D eigenvalue weighted by molar-refractivity contribution is 9.10. The number of hydrogen-bond donors (Lipinski definition) is 1. The van der Waals surface area contributed by atoms with Gasteiger partial charge in [0.05, 0.1) is 0 Å². The van der Waals surface area contributed by atoms with Gasteiger partial charge in [-0.3, -0.25) is 4.79 Å². The van der Waals surface area contributed by atoms with Gasteiger partial charge in [0.1, 0.15) is 11.8 Å². The number of aromatic nitrogens is 1. The second-order valence-electron chi connectivity index (χ2n) is 2.85. The average Bonchev–Trinajstić information content (AvgIpc) is 2.45. The van der Waals surface area contributed by atoms with E-state index in [4.69, 9.17) is 10.4 Å². The Morgan fingerprint density at radius 1 is 1.71 bits per heavy atom. The molecule has 0 radical (unpaired) electrons. The largest absolute Gasteiger partial charge is 0.481 e. The lowest BCUT2D eigenvalue weighted by Gasteiger charge is -2.01. The molecule has 0 amide bonds. The van der Waals surface area contributed by atoms with Gasteiger partial charge in [-0.25, -0.2) is 0 Å². The number of nitriles is 1. The fourth-order valence-electron chi connectivity index (χ4n) is 1.15. The van der Waals surface area contributed by atoms with Gasteiger partial charge in [0.25, 0.3) is 0 Å². The lowest BCUT2D eigenvalue weighted by Crippen LogP contribution is -2.02. The van der Waals surface area contributed by atoms with E-state index in [0.29, 0.717) is 18.7 Å². The molecule has 5 heteroatoms. The number of aliphatic carboxylic acids is 1. The van der Waals surface area contributed by atoms with Crippen molar-refractivity contribution in [2.45, 2.75) is 19.4 Å². The van der Waals surface area contributed by atoms with Crippen LogP contribution in [-0.4, -0.2) is 15.6 Å². The Hall–Kier alpha value is -1.28. The average molecular weight is 257 g/mol. The minimum Gasteiger partial charge on any atom is -0.481 e. The first-order chi connectivity index (χ1) is 6.63. The molecule has 1 N–H and O–H groups in total. The third-order valence-corrected chi connectivity index (χ3v) is 2.20. The summed E-state index contributed by atoms with van der Waals surface area (Å²) in [5.41, 5.74) is 0.544. The zero-order valence-electron chi connectivity index (χ0n) is 7.40. The molecule has 0 fully saturated rings. The van der Waals surface area contributed by atoms with Gasteiger partial charge in [0.2, 0.25) is 0 Å². The molecule has 14 heavy (non-hydrogen) atoms. The van der Waals surface area contributed by atoms with Crippen molar-refractivity contribution in [3.05, 3.63) is 22.4 Å². The topological polar surface area (TPSA) is 66.0 Å². The van der Waals surface area contributed by atoms with Crippen molar-refractivity contribution in [1.29, 1.82) is 5.26 Å². The van der Waals surface area contributed by atoms with E-state index in [-0.39, 0.29) is 6.42 Å². The van der Waals surface area contributed by atoms with E-state index in [1.165, 1.54) is 0 Å². The molecule has 0 aromatic carbocycles. The molecule has 1 aromatic heterocycles. The first-order valence-electron chi connectivity index (χ1n) is 4.11. The van der Waals surface area contributed by atoms with Crippen molar-refractivity contribution in [2.75, 3.05) is 0 Å². The molecule has 0 saturated heterocycles. The summed E-state index contributed by atoms with van der Waals surface area (Å²) in [6.45, 7) is 0.556. The molecule has 1 rings (SSSR count). The molecule has 1 heterocycles. The van der Waals surface area contributed by atoms with Crippen LogP contribution in [0.2, 0.25) is 0 Å². The molecule has 0 bridgehead atoms. The standard InChI is InChI=1S/C9H9BrN2O2/c10-7-4-8(5-11)12(6-7)3-1-2-9(13)14/h4,6H,1-3H2,(H,13,14). The fourth-order valence-corrected chi connectivity index (χ4v) is 1.62. The van der Waals surface area contributed by atoms with Crippen LogP contribution in [0, 0.1) is 11.3 Å². The number of halogens is 1. The summed E-state index contributed by atoms with van der Waals surface area (Å²) in [6, 6.07) is 3.75. The molecule has 4 nitrogen and oxygen atoms in total. The third kappa shape index (κ3) is 2.89. The molecule has 0 aliphatic rings. The fraction of sp³-hybridized carbons (Fsp3) is 0.333. The molecular formula is C9H9BrN2O2. The van der Waals surface area contributed by atoms with Gasteiger partial charge in [-0.05, 0) is 28.4 Å². The van der Waals surface area contributed by atoms with E-state index in [9.17, 15) is 4.79 Å². The minimum absolute atomic E-state index is 0.126. The van der Waals surface area contributed by atoms with E-state index in [1.54, 1.807) is 16.8 Å². The van der Waals surface area contributed by atoms with E-state index in [0.717, 1.165) is 4.47 Å². The van der Waals surface area contributed by atoms with Crippen molar-refractivity contribution in [3.8, 4) is 6.07 Å². The van der Waals surface area contributed by atoms with Gasteiger partial charge in [-0.1, -0.05) is 0 Å². The quantitative estimate of drug-likeness (QED) is 0.896. The molecule has 0 unspecified atom stereocenters. The Morgan fingerprint density at radius 3 is 3.00 bits per heavy atom. The first kappa shape index (κ1) is 10.8. The highest BCUT2D eigenvalue weighted by Gasteiger charge is 2.04. The second kappa shape index (κ2) is 4.82. The summed E-state index contributed by atoms with van der Waals surface area (Å²) in [6.07, 6.45) is 2.44. The van der Waals surface area contributed by atoms with Gasteiger partial charge < -0.3 is 9.67 Å². The van der Waals surface area contributed by atoms with Gasteiger partial charge in [-0.15, -0.1) is 0 Å². The number of aryl methyl sites for hydroxylation is 1. The smallest absolute Gasteiger partial charge is 0.303 e. The second-order valence-corrected chi connectivity index (χ2v) is 3.76. The number of rotatable bonds is 4. The number of carboxylic acid groups (broad SMARTS) is 1. The van der Waals surface area contributed by atoms with Crippen molar-refractivity contribution in [1.82, 2.24) is 4.57 Å². The minimum atomic E-state index is -0.810. The van der Waals surface area contributed by atoms with Crippen LogP contribution in [0.5, 0.6) is 0 Å². The van der Waals surface area contributed by atoms with Gasteiger partial charge in [0.15, 0.2) is 0 Å². The highest BCUT2D eigenvalue weighted by atomic mass is 79.9. The lowest BCUT2D eigenvalue weighted by atomic mass is 10.3. The number of carboxylic acids is 1. The molecule has 0 aliphatic heterocycles. The van der Waals surface area contributed by atoms with Crippen LogP contribution in [-0.2, 0) is 11.3 Å². The molecule has 0 aliphatic carbocycles. The predicted octanol–water partition coefficient (Wildman–Crippen LogP) is 1.99. The molecule has 0 atom stereocenters. The lowest BCUT2D eigenvalue weighted by molar-refractivity contribution is -0.137. The monoisotopic (exact) mass is 256 g/mol. The van der Waals surface area contributed by atoms with Crippen LogP contribution in [0.1, 0.15) is 18.5 Å². The van der Waals surface area contributed by atoms with E-state index >= 15 is 0 Å². The van der Waals surface area contributed by atoms with Gasteiger partial charge in [0, 0.05) is 23.6 Å². The summed E-state index contributed by atoms with van der Waals surface area (Å²) in [5, 5.41) is 17.2. The van der Waals surface area contributed by atoms with E-state index in [2.05, 4.69) is 15.9 Å². The molecule has 1 aromatic rings.